The molecule has 0 aliphatic carbocycles. The van der Waals surface area contributed by atoms with Crippen LogP contribution in [0.4, 0.5) is 10.2 Å². The first-order valence-electron chi connectivity index (χ1n) is 4.40. The largest absolute Gasteiger partial charge is 0.379 e. The molecular formula is C10H10FNO3. The minimum absolute atomic E-state index is 0.0476. The van der Waals surface area contributed by atoms with Gasteiger partial charge in [0.05, 0.1) is 5.56 Å². The molecule has 0 fully saturated rings. The maximum atomic E-state index is 11.6. The number of rotatable bonds is 3. The maximum Gasteiger partial charge on any atom is 0.379 e. The normalized spacial score (nSPS) is 9.47. The molecule has 0 spiro atoms. The summed E-state index contributed by atoms with van der Waals surface area (Å²) in [7, 11) is 0. The van der Waals surface area contributed by atoms with Gasteiger partial charge < -0.3 is 5.32 Å². The van der Waals surface area contributed by atoms with Crippen molar-refractivity contribution in [3.63, 3.8) is 0 Å². The third kappa shape index (κ3) is 3.05. The smallest absolute Gasteiger partial charge is 0.326 e. The van der Waals surface area contributed by atoms with E-state index in [-0.39, 0.29) is 11.5 Å². The van der Waals surface area contributed by atoms with Crippen molar-refractivity contribution in [1.29, 1.82) is 0 Å². The van der Waals surface area contributed by atoms with Crippen molar-refractivity contribution in [2.45, 2.75) is 13.3 Å². The molecule has 1 amide bonds. The van der Waals surface area contributed by atoms with Crippen LogP contribution in [0.1, 0.15) is 23.7 Å². The predicted octanol–water partition coefficient (Wildman–Crippen LogP) is 2.08. The number of hydrogen-bond acceptors (Lipinski definition) is 3. The highest BCUT2D eigenvalue weighted by atomic mass is 19.3. The third-order valence-electron chi connectivity index (χ3n) is 1.77. The highest BCUT2D eigenvalue weighted by Gasteiger charge is 2.08. The van der Waals surface area contributed by atoms with Crippen molar-refractivity contribution in [3.8, 4) is 0 Å². The lowest BCUT2D eigenvalue weighted by Gasteiger charge is -2.03. The van der Waals surface area contributed by atoms with Gasteiger partial charge in [0.2, 0.25) is 5.91 Å². The fourth-order valence-corrected chi connectivity index (χ4v) is 1.02. The van der Waals surface area contributed by atoms with Crippen molar-refractivity contribution in [2.24, 2.45) is 0 Å². The van der Waals surface area contributed by atoms with Crippen molar-refractivity contribution in [2.75, 3.05) is 5.32 Å². The van der Waals surface area contributed by atoms with Crippen molar-refractivity contribution < 1.29 is 19.1 Å². The average Bonchev–Trinajstić information content (AvgIpc) is 2.28. The van der Waals surface area contributed by atoms with Crippen LogP contribution in [0.3, 0.4) is 0 Å². The first kappa shape index (κ1) is 11.2. The van der Waals surface area contributed by atoms with Crippen LogP contribution in [-0.4, -0.2) is 11.9 Å². The van der Waals surface area contributed by atoms with Gasteiger partial charge in [-0.2, -0.15) is 0 Å². The number of halogens is 1. The van der Waals surface area contributed by atoms with Gasteiger partial charge in [-0.3, -0.25) is 4.79 Å². The lowest BCUT2D eigenvalue weighted by atomic mass is 10.2. The predicted molar refractivity (Wildman–Crippen MR) is 51.9 cm³/mol. The zero-order valence-corrected chi connectivity index (χ0v) is 8.12. The Hall–Kier alpha value is -1.91. The Morgan fingerprint density at radius 1 is 1.47 bits per heavy atom. The number of amides is 1. The number of carbonyl (C=O) groups is 2. The molecule has 0 saturated carbocycles. The number of carbonyl (C=O) groups excluding carboxylic acids is 2. The zero-order valence-electron chi connectivity index (χ0n) is 8.12. The van der Waals surface area contributed by atoms with E-state index in [1.807, 2.05) is 0 Å². The van der Waals surface area contributed by atoms with Gasteiger partial charge in [-0.15, -0.1) is 0 Å². The van der Waals surface area contributed by atoms with E-state index in [2.05, 4.69) is 10.3 Å². The van der Waals surface area contributed by atoms with Gasteiger partial charge in [0.15, 0.2) is 0 Å². The van der Waals surface area contributed by atoms with Crippen LogP contribution in [0.2, 0.25) is 0 Å². The molecule has 1 rings (SSSR count). The highest BCUT2D eigenvalue weighted by molar-refractivity contribution is 5.94. The van der Waals surface area contributed by atoms with Gasteiger partial charge in [-0.05, 0) is 18.2 Å². The summed E-state index contributed by atoms with van der Waals surface area (Å²) in [6.07, 6.45) is 0.331. The van der Waals surface area contributed by atoms with Gasteiger partial charge in [-0.1, -0.05) is 13.0 Å². The molecular weight excluding hydrogens is 201 g/mol. The average molecular weight is 211 g/mol. The molecule has 15 heavy (non-hydrogen) atoms. The van der Waals surface area contributed by atoms with Crippen LogP contribution >= 0.6 is 0 Å². The quantitative estimate of drug-likeness (QED) is 0.832. The first-order chi connectivity index (χ1) is 7.17. The second-order valence-corrected chi connectivity index (χ2v) is 2.85. The minimum atomic E-state index is -1.08. The maximum absolute atomic E-state index is 11.6. The summed E-state index contributed by atoms with van der Waals surface area (Å²) in [6, 6.07) is 5.86. The molecule has 0 saturated heterocycles. The summed E-state index contributed by atoms with van der Waals surface area (Å²) in [5.41, 5.74) is 0.483. The number of benzene rings is 1. The van der Waals surface area contributed by atoms with Crippen LogP contribution in [0, 0.1) is 0 Å². The molecule has 80 valence electrons. The van der Waals surface area contributed by atoms with E-state index < -0.39 is 5.97 Å². The molecule has 0 radical (unpaired) electrons. The van der Waals surface area contributed by atoms with Crippen LogP contribution in [0.25, 0.3) is 0 Å². The van der Waals surface area contributed by atoms with Crippen LogP contribution in [0.15, 0.2) is 24.3 Å². The second kappa shape index (κ2) is 5.09. The molecule has 1 aromatic carbocycles. The standard InChI is InChI=1S/C10H10FNO3/c1-2-9(13)12-8-5-3-4-7(6-8)10(14)15-11/h3-6H,2H2,1H3,(H,12,13). The van der Waals surface area contributed by atoms with Crippen LogP contribution < -0.4 is 5.32 Å². The van der Waals surface area contributed by atoms with Crippen molar-refractivity contribution in [1.82, 2.24) is 0 Å². The fraction of sp³-hybridized carbons (Fsp3) is 0.200. The number of anilines is 1. The van der Waals surface area contributed by atoms with E-state index in [1.165, 1.54) is 18.2 Å². The van der Waals surface area contributed by atoms with E-state index in [4.69, 9.17) is 0 Å². The molecule has 0 bridgehead atoms. The SMILES string of the molecule is CCC(=O)Nc1cccc(C(=O)OF)c1. The number of nitrogens with one attached hydrogen (secondary N) is 1. The summed E-state index contributed by atoms with van der Waals surface area (Å²) < 4.78 is 11.6. The van der Waals surface area contributed by atoms with Crippen LogP contribution in [-0.2, 0) is 9.74 Å². The fourth-order valence-electron chi connectivity index (χ4n) is 1.02. The van der Waals surface area contributed by atoms with Gasteiger partial charge in [-0.25, -0.2) is 9.74 Å². The van der Waals surface area contributed by atoms with Gasteiger partial charge >= 0.3 is 5.97 Å². The molecule has 1 N–H and O–H groups in total. The van der Waals surface area contributed by atoms with E-state index in [9.17, 15) is 14.1 Å². The molecule has 5 heteroatoms. The summed E-state index contributed by atoms with van der Waals surface area (Å²) in [5, 5.41) is 2.54. The monoisotopic (exact) mass is 211 g/mol. The Labute approximate surface area is 85.9 Å². The van der Waals surface area contributed by atoms with E-state index in [0.717, 1.165) is 0 Å². The van der Waals surface area contributed by atoms with Gasteiger partial charge in [0.25, 0.3) is 0 Å². The van der Waals surface area contributed by atoms with E-state index in [1.54, 1.807) is 13.0 Å². The summed E-state index contributed by atoms with van der Waals surface area (Å²) in [4.78, 5) is 24.9. The van der Waals surface area contributed by atoms with E-state index >= 15 is 0 Å². The summed E-state index contributed by atoms with van der Waals surface area (Å²) in [5.74, 6) is -1.26. The molecule has 0 atom stereocenters. The van der Waals surface area contributed by atoms with Crippen molar-refractivity contribution in [3.05, 3.63) is 29.8 Å². The topological polar surface area (TPSA) is 55.4 Å². The Balaban J connectivity index is 2.83. The molecule has 0 aliphatic heterocycles. The van der Waals surface area contributed by atoms with Crippen molar-refractivity contribution >= 4 is 17.6 Å². The Bertz CT molecular complexity index is 379. The lowest BCUT2D eigenvalue weighted by molar-refractivity contribution is -0.115. The molecule has 0 heterocycles. The Morgan fingerprint density at radius 3 is 2.80 bits per heavy atom. The Kier molecular flexibility index (Phi) is 3.79. The molecule has 0 unspecified atom stereocenters. The van der Waals surface area contributed by atoms with E-state index in [0.29, 0.717) is 12.1 Å². The minimum Gasteiger partial charge on any atom is -0.326 e. The summed E-state index contributed by atoms with van der Waals surface area (Å²) in [6.45, 7) is 1.70. The second-order valence-electron chi connectivity index (χ2n) is 2.85. The van der Waals surface area contributed by atoms with Crippen LogP contribution in [0.5, 0.6) is 0 Å². The molecule has 1 aromatic rings. The third-order valence-corrected chi connectivity index (χ3v) is 1.77. The zero-order chi connectivity index (χ0) is 11.3. The highest BCUT2D eigenvalue weighted by Crippen LogP contribution is 2.12. The molecule has 4 nitrogen and oxygen atoms in total. The number of hydrogen-bond donors (Lipinski definition) is 1. The van der Waals surface area contributed by atoms with Gasteiger partial charge in [0, 0.05) is 16.6 Å². The van der Waals surface area contributed by atoms with Gasteiger partial charge in [0.1, 0.15) is 0 Å². The lowest BCUT2D eigenvalue weighted by Crippen LogP contribution is -2.10. The molecule has 0 aromatic heterocycles. The first-order valence-corrected chi connectivity index (χ1v) is 4.40. The Morgan fingerprint density at radius 2 is 2.20 bits per heavy atom. The summed E-state index contributed by atoms with van der Waals surface area (Å²) >= 11 is 0. The molecule has 0 aliphatic rings.